The van der Waals surface area contributed by atoms with Crippen LogP contribution in [-0.4, -0.2) is 22.0 Å². The number of aromatic nitrogens is 1. The summed E-state index contributed by atoms with van der Waals surface area (Å²) in [6.45, 7) is 5.26. The van der Waals surface area contributed by atoms with E-state index in [9.17, 15) is 9.59 Å². The smallest absolute Gasteiger partial charge is 0.347 e. The molecule has 1 aromatic carbocycles. The van der Waals surface area contributed by atoms with Crippen molar-refractivity contribution in [3.05, 3.63) is 49.9 Å². The first-order chi connectivity index (χ1) is 10.3. The molecule has 0 saturated carbocycles. The molecule has 1 unspecified atom stereocenters. The predicted molar refractivity (Wildman–Crippen MR) is 85.9 cm³/mol. The largest absolute Gasteiger partial charge is 0.477 e. The highest BCUT2D eigenvalue weighted by atomic mass is 35.5. The fourth-order valence-corrected chi connectivity index (χ4v) is 2.97. The van der Waals surface area contributed by atoms with Gasteiger partial charge in [-0.15, -0.1) is 11.3 Å². The van der Waals surface area contributed by atoms with E-state index in [2.05, 4.69) is 10.3 Å². The predicted octanol–water partition coefficient (Wildman–Crippen LogP) is 3.60. The van der Waals surface area contributed by atoms with Gasteiger partial charge in [-0.1, -0.05) is 17.7 Å². The lowest BCUT2D eigenvalue weighted by molar-refractivity contribution is 0.0701. The molecule has 0 bridgehead atoms. The number of carbonyl (C=O) groups is 2. The van der Waals surface area contributed by atoms with Crippen LogP contribution in [0.4, 0.5) is 0 Å². The third kappa shape index (κ3) is 3.45. The number of nitrogens with one attached hydrogen (secondary N) is 1. The number of amides is 1. The second-order valence-corrected chi connectivity index (χ2v) is 6.37. The Balaban J connectivity index is 2.15. The number of carboxylic acid groups (broad SMARTS) is 1. The van der Waals surface area contributed by atoms with Gasteiger partial charge < -0.3 is 10.4 Å². The first-order valence-electron chi connectivity index (χ1n) is 6.57. The van der Waals surface area contributed by atoms with Gasteiger partial charge in [-0.3, -0.25) is 4.79 Å². The average Bonchev–Trinajstić information content (AvgIpc) is 2.84. The number of aromatic carboxylic acids is 1. The zero-order chi connectivity index (χ0) is 16.4. The van der Waals surface area contributed by atoms with Crippen LogP contribution in [0.25, 0.3) is 0 Å². The Morgan fingerprint density at radius 1 is 1.36 bits per heavy atom. The van der Waals surface area contributed by atoms with Crippen molar-refractivity contribution in [1.29, 1.82) is 0 Å². The van der Waals surface area contributed by atoms with Crippen molar-refractivity contribution >= 4 is 34.8 Å². The van der Waals surface area contributed by atoms with Gasteiger partial charge in [0.1, 0.15) is 9.88 Å². The minimum atomic E-state index is -1.01. The van der Waals surface area contributed by atoms with Crippen LogP contribution in [0.2, 0.25) is 5.02 Å². The summed E-state index contributed by atoms with van der Waals surface area (Å²) >= 11 is 7.08. The molecule has 0 fully saturated rings. The Bertz CT molecular complexity index is 742. The SMILES string of the molecule is Cc1ccc(C(=O)NC(C)c2nc(C)c(C(=O)O)s2)cc1Cl. The molecule has 7 heteroatoms. The van der Waals surface area contributed by atoms with E-state index in [1.165, 1.54) is 0 Å². The molecular weight excluding hydrogens is 324 g/mol. The van der Waals surface area contributed by atoms with E-state index in [1.54, 1.807) is 32.0 Å². The van der Waals surface area contributed by atoms with Crippen LogP contribution in [0.15, 0.2) is 18.2 Å². The maximum Gasteiger partial charge on any atom is 0.347 e. The van der Waals surface area contributed by atoms with Crippen LogP contribution in [0.5, 0.6) is 0 Å². The third-order valence-corrected chi connectivity index (χ3v) is 4.89. The van der Waals surface area contributed by atoms with Crippen molar-refractivity contribution in [2.45, 2.75) is 26.8 Å². The molecule has 1 amide bonds. The van der Waals surface area contributed by atoms with Gasteiger partial charge >= 0.3 is 5.97 Å². The first-order valence-corrected chi connectivity index (χ1v) is 7.76. The zero-order valence-corrected chi connectivity index (χ0v) is 13.9. The Hall–Kier alpha value is -1.92. The van der Waals surface area contributed by atoms with Crippen molar-refractivity contribution in [3.8, 4) is 0 Å². The van der Waals surface area contributed by atoms with E-state index in [0.29, 0.717) is 21.3 Å². The number of hydrogen-bond acceptors (Lipinski definition) is 4. The van der Waals surface area contributed by atoms with E-state index in [4.69, 9.17) is 16.7 Å². The summed E-state index contributed by atoms with van der Waals surface area (Å²) in [5.41, 5.74) is 1.80. The number of carbonyl (C=O) groups excluding carboxylic acids is 1. The van der Waals surface area contributed by atoms with Crippen LogP contribution in [0.3, 0.4) is 0 Å². The summed E-state index contributed by atoms with van der Waals surface area (Å²) in [4.78, 5) is 27.6. The highest BCUT2D eigenvalue weighted by Gasteiger charge is 2.19. The number of benzene rings is 1. The molecule has 2 aromatic rings. The number of carboxylic acids is 1. The van der Waals surface area contributed by atoms with E-state index < -0.39 is 5.97 Å². The topological polar surface area (TPSA) is 79.3 Å². The zero-order valence-electron chi connectivity index (χ0n) is 12.3. The quantitative estimate of drug-likeness (QED) is 0.892. The van der Waals surface area contributed by atoms with Gasteiger partial charge in [-0.2, -0.15) is 0 Å². The van der Waals surface area contributed by atoms with Gasteiger partial charge in [0.2, 0.25) is 0 Å². The lowest BCUT2D eigenvalue weighted by atomic mass is 10.1. The second-order valence-electron chi connectivity index (χ2n) is 4.93. The van der Waals surface area contributed by atoms with Crippen molar-refractivity contribution in [3.63, 3.8) is 0 Å². The fraction of sp³-hybridized carbons (Fsp3) is 0.267. The number of halogens is 1. The Morgan fingerprint density at radius 2 is 2.05 bits per heavy atom. The van der Waals surface area contributed by atoms with Crippen LogP contribution in [-0.2, 0) is 0 Å². The summed E-state index contributed by atoms with van der Waals surface area (Å²) in [5, 5.41) is 12.9. The lowest BCUT2D eigenvalue weighted by Gasteiger charge is -2.11. The highest BCUT2D eigenvalue weighted by molar-refractivity contribution is 7.13. The van der Waals surface area contributed by atoms with Crippen molar-refractivity contribution in [2.24, 2.45) is 0 Å². The van der Waals surface area contributed by atoms with E-state index in [1.807, 2.05) is 6.92 Å². The molecule has 0 radical (unpaired) electrons. The summed E-state index contributed by atoms with van der Waals surface area (Å²) in [5.74, 6) is -1.29. The minimum Gasteiger partial charge on any atom is -0.477 e. The molecule has 116 valence electrons. The van der Waals surface area contributed by atoms with E-state index in [-0.39, 0.29) is 16.8 Å². The van der Waals surface area contributed by atoms with Crippen LogP contribution >= 0.6 is 22.9 Å². The maximum absolute atomic E-state index is 12.2. The van der Waals surface area contributed by atoms with Gasteiger partial charge in [-0.05, 0) is 38.5 Å². The van der Waals surface area contributed by atoms with Gasteiger partial charge in [0.15, 0.2) is 0 Å². The highest BCUT2D eigenvalue weighted by Crippen LogP contribution is 2.24. The van der Waals surface area contributed by atoms with Crippen molar-refractivity contribution in [2.75, 3.05) is 0 Å². The Kier molecular flexibility index (Phi) is 4.83. The maximum atomic E-state index is 12.2. The van der Waals surface area contributed by atoms with Crippen molar-refractivity contribution in [1.82, 2.24) is 10.3 Å². The fourth-order valence-electron chi connectivity index (χ4n) is 1.88. The normalized spacial score (nSPS) is 12.0. The molecular formula is C15H15ClN2O3S. The third-order valence-electron chi connectivity index (χ3n) is 3.16. The second kappa shape index (κ2) is 6.46. The van der Waals surface area contributed by atoms with Crippen LogP contribution in [0.1, 0.15) is 49.3 Å². The summed E-state index contributed by atoms with van der Waals surface area (Å²) in [6.07, 6.45) is 0. The molecule has 2 N–H and O–H groups in total. The Morgan fingerprint density at radius 3 is 2.59 bits per heavy atom. The molecule has 0 aliphatic heterocycles. The van der Waals surface area contributed by atoms with Gasteiger partial charge in [0, 0.05) is 10.6 Å². The first kappa shape index (κ1) is 16.5. The molecule has 0 saturated heterocycles. The number of hydrogen-bond donors (Lipinski definition) is 2. The Labute approximate surface area is 137 Å². The summed E-state index contributed by atoms with van der Waals surface area (Å²) in [6, 6.07) is 4.69. The van der Waals surface area contributed by atoms with E-state index in [0.717, 1.165) is 16.9 Å². The van der Waals surface area contributed by atoms with Gasteiger partial charge in [0.05, 0.1) is 11.7 Å². The number of rotatable bonds is 4. The number of nitrogens with zero attached hydrogens (tertiary/aromatic N) is 1. The molecule has 0 aliphatic carbocycles. The van der Waals surface area contributed by atoms with Gasteiger partial charge in [0.25, 0.3) is 5.91 Å². The molecule has 22 heavy (non-hydrogen) atoms. The summed E-state index contributed by atoms with van der Waals surface area (Å²) < 4.78 is 0. The minimum absolute atomic E-state index is 0.189. The number of aryl methyl sites for hydroxylation is 2. The molecule has 5 nitrogen and oxygen atoms in total. The number of thiazole rings is 1. The molecule has 1 atom stereocenters. The molecule has 1 aromatic heterocycles. The lowest BCUT2D eigenvalue weighted by Crippen LogP contribution is -2.26. The summed E-state index contributed by atoms with van der Waals surface area (Å²) in [7, 11) is 0. The average molecular weight is 339 g/mol. The standard InChI is InChI=1S/C15H15ClN2O3S/c1-7-4-5-10(6-11(7)16)13(19)17-9(3)14-18-8(2)12(22-14)15(20)21/h4-6,9H,1-3H3,(H,17,19)(H,20,21). The van der Waals surface area contributed by atoms with E-state index >= 15 is 0 Å². The molecule has 0 spiro atoms. The van der Waals surface area contributed by atoms with Gasteiger partial charge in [-0.25, -0.2) is 9.78 Å². The molecule has 2 rings (SSSR count). The van der Waals surface area contributed by atoms with Crippen LogP contribution in [0, 0.1) is 13.8 Å². The molecule has 0 aliphatic rings. The van der Waals surface area contributed by atoms with Crippen LogP contribution < -0.4 is 5.32 Å². The monoisotopic (exact) mass is 338 g/mol. The molecule has 1 heterocycles. The van der Waals surface area contributed by atoms with Crippen molar-refractivity contribution < 1.29 is 14.7 Å².